The zero-order valence-corrected chi connectivity index (χ0v) is 11.6. The van der Waals surface area contributed by atoms with E-state index in [9.17, 15) is 0 Å². The first-order valence-electron chi connectivity index (χ1n) is 6.15. The quantitative estimate of drug-likeness (QED) is 0.282. The van der Waals surface area contributed by atoms with Crippen molar-refractivity contribution >= 4 is 23.3 Å². The van der Waals surface area contributed by atoms with Gasteiger partial charge in [-0.1, -0.05) is 18.1 Å². The molecule has 0 aromatic heterocycles. The summed E-state index contributed by atoms with van der Waals surface area (Å²) in [7, 11) is 2.07. The summed E-state index contributed by atoms with van der Waals surface area (Å²) in [5.74, 6) is 1.15. The number of nitrogens with two attached hydrogens (primary N) is 1. The fourth-order valence-electron chi connectivity index (χ4n) is 2.06. The second-order valence-electron chi connectivity index (χ2n) is 4.41. The van der Waals surface area contributed by atoms with Gasteiger partial charge in [-0.05, 0) is 30.7 Å². The van der Waals surface area contributed by atoms with E-state index in [1.54, 1.807) is 11.8 Å². The lowest BCUT2D eigenvalue weighted by atomic mass is 10.1. The van der Waals surface area contributed by atoms with Crippen LogP contribution in [-0.2, 0) is 0 Å². The minimum atomic E-state index is 0.189. The van der Waals surface area contributed by atoms with E-state index in [0.29, 0.717) is 6.04 Å². The first kappa shape index (κ1) is 13.1. The molecule has 2 rings (SSSR count). The summed E-state index contributed by atoms with van der Waals surface area (Å²) in [6.07, 6.45) is 2.44. The fraction of sp³-hybridized carbons (Fsp3) is 0.462. The molecule has 0 atom stereocenters. The van der Waals surface area contributed by atoms with Crippen LogP contribution in [0.25, 0.3) is 0 Å². The van der Waals surface area contributed by atoms with Gasteiger partial charge in [-0.25, -0.2) is 0 Å². The van der Waals surface area contributed by atoms with Crippen LogP contribution in [0.5, 0.6) is 0 Å². The van der Waals surface area contributed by atoms with E-state index < -0.39 is 0 Å². The molecule has 1 aliphatic carbocycles. The molecule has 3 N–H and O–H groups in total. The van der Waals surface area contributed by atoms with Crippen LogP contribution >= 0.6 is 11.8 Å². The Hall–Kier alpha value is -1.36. The van der Waals surface area contributed by atoms with Crippen molar-refractivity contribution in [1.29, 1.82) is 0 Å². The summed E-state index contributed by atoms with van der Waals surface area (Å²) in [6, 6.07) is 6.68. The first-order valence-corrected chi connectivity index (χ1v) is 7.14. The molecule has 0 aliphatic heterocycles. The third kappa shape index (κ3) is 2.56. The molecule has 0 bridgehead atoms. The number of anilines is 1. The number of thioether (sulfide) groups is 1. The molecule has 0 radical (unpaired) electrons. The maximum atomic E-state index is 8.98. The lowest BCUT2D eigenvalue weighted by Crippen LogP contribution is -2.25. The highest BCUT2D eigenvalue weighted by atomic mass is 32.2. The van der Waals surface area contributed by atoms with E-state index in [2.05, 4.69) is 24.0 Å². The summed E-state index contributed by atoms with van der Waals surface area (Å²) < 4.78 is 0. The SMILES string of the molecule is CCSc1cccc(N(C)C2CC2)c1/C(N)=N/O. The van der Waals surface area contributed by atoms with Gasteiger partial charge in [0.15, 0.2) is 5.84 Å². The predicted octanol–water partition coefficient (Wildman–Crippen LogP) is 2.49. The van der Waals surface area contributed by atoms with E-state index in [4.69, 9.17) is 10.9 Å². The van der Waals surface area contributed by atoms with Gasteiger partial charge in [0.1, 0.15) is 0 Å². The maximum absolute atomic E-state index is 8.98. The van der Waals surface area contributed by atoms with Gasteiger partial charge in [-0.3, -0.25) is 0 Å². The lowest BCUT2D eigenvalue weighted by molar-refractivity contribution is 0.318. The van der Waals surface area contributed by atoms with Crippen LogP contribution in [0.15, 0.2) is 28.3 Å². The third-order valence-electron chi connectivity index (χ3n) is 3.14. The Labute approximate surface area is 112 Å². The normalized spacial score (nSPS) is 15.8. The zero-order valence-electron chi connectivity index (χ0n) is 10.8. The van der Waals surface area contributed by atoms with Crippen molar-refractivity contribution in [1.82, 2.24) is 0 Å². The highest BCUT2D eigenvalue weighted by molar-refractivity contribution is 7.99. The summed E-state index contributed by atoms with van der Waals surface area (Å²) >= 11 is 1.71. The second-order valence-corrected chi connectivity index (χ2v) is 5.72. The Kier molecular flexibility index (Phi) is 4.01. The highest BCUT2D eigenvalue weighted by Crippen LogP contribution is 2.35. The monoisotopic (exact) mass is 265 g/mol. The van der Waals surface area contributed by atoms with Gasteiger partial charge in [0.25, 0.3) is 0 Å². The number of oxime groups is 1. The molecule has 0 spiro atoms. The van der Waals surface area contributed by atoms with Crippen LogP contribution in [0.3, 0.4) is 0 Å². The van der Waals surface area contributed by atoms with Crippen molar-refractivity contribution in [2.24, 2.45) is 10.9 Å². The Balaban J connectivity index is 2.46. The van der Waals surface area contributed by atoms with Crippen molar-refractivity contribution in [3.8, 4) is 0 Å². The number of rotatable bonds is 5. The number of nitrogens with zero attached hydrogens (tertiary/aromatic N) is 2. The molecular formula is C13H19N3OS. The van der Waals surface area contributed by atoms with Gasteiger partial charge in [-0.15, -0.1) is 11.8 Å². The molecule has 98 valence electrons. The predicted molar refractivity (Wildman–Crippen MR) is 76.8 cm³/mol. The average Bonchev–Trinajstić information content (AvgIpc) is 3.21. The minimum Gasteiger partial charge on any atom is -0.409 e. The molecule has 0 heterocycles. The van der Waals surface area contributed by atoms with Gasteiger partial charge in [0, 0.05) is 23.7 Å². The Morgan fingerprint density at radius 1 is 1.56 bits per heavy atom. The molecule has 1 saturated carbocycles. The van der Waals surface area contributed by atoms with Crippen LogP contribution in [0.2, 0.25) is 0 Å². The van der Waals surface area contributed by atoms with E-state index in [1.807, 2.05) is 18.2 Å². The zero-order chi connectivity index (χ0) is 13.1. The van der Waals surface area contributed by atoms with Gasteiger partial charge >= 0.3 is 0 Å². The Morgan fingerprint density at radius 3 is 2.83 bits per heavy atom. The topological polar surface area (TPSA) is 61.8 Å². The van der Waals surface area contributed by atoms with Crippen molar-refractivity contribution in [3.63, 3.8) is 0 Å². The minimum absolute atomic E-state index is 0.189. The largest absolute Gasteiger partial charge is 0.409 e. The molecule has 0 amide bonds. The smallest absolute Gasteiger partial charge is 0.173 e. The van der Waals surface area contributed by atoms with E-state index in [0.717, 1.165) is 21.9 Å². The molecule has 18 heavy (non-hydrogen) atoms. The molecule has 1 aromatic rings. The first-order chi connectivity index (χ1) is 8.69. The maximum Gasteiger partial charge on any atom is 0.173 e. The van der Waals surface area contributed by atoms with Gasteiger partial charge in [-0.2, -0.15) is 0 Å². The van der Waals surface area contributed by atoms with Gasteiger partial charge in [0.05, 0.1) is 5.56 Å². The van der Waals surface area contributed by atoms with Crippen LogP contribution < -0.4 is 10.6 Å². The molecule has 4 nitrogen and oxygen atoms in total. The van der Waals surface area contributed by atoms with E-state index in [-0.39, 0.29) is 5.84 Å². The molecular weight excluding hydrogens is 246 g/mol. The molecule has 0 saturated heterocycles. The van der Waals surface area contributed by atoms with E-state index in [1.165, 1.54) is 12.8 Å². The molecule has 5 heteroatoms. The van der Waals surface area contributed by atoms with Crippen molar-refractivity contribution in [2.45, 2.75) is 30.7 Å². The van der Waals surface area contributed by atoms with Crippen molar-refractivity contribution < 1.29 is 5.21 Å². The fourth-order valence-corrected chi connectivity index (χ4v) is 2.89. The van der Waals surface area contributed by atoms with E-state index >= 15 is 0 Å². The van der Waals surface area contributed by atoms with Crippen LogP contribution in [0, 0.1) is 0 Å². The van der Waals surface area contributed by atoms with Crippen LogP contribution in [-0.4, -0.2) is 29.9 Å². The highest BCUT2D eigenvalue weighted by Gasteiger charge is 2.29. The molecule has 1 aliphatic rings. The summed E-state index contributed by atoms with van der Waals surface area (Å²) in [4.78, 5) is 3.30. The van der Waals surface area contributed by atoms with Gasteiger partial charge in [0.2, 0.25) is 0 Å². The standard InChI is InChI=1S/C13H19N3OS/c1-3-18-11-6-4-5-10(12(11)13(14)15-17)16(2)9-7-8-9/h4-6,9,17H,3,7-8H2,1-2H3,(H2,14,15). The Morgan fingerprint density at radius 2 is 2.28 bits per heavy atom. The Bertz CT molecular complexity index is 458. The third-order valence-corrected chi connectivity index (χ3v) is 4.08. The molecule has 1 aromatic carbocycles. The summed E-state index contributed by atoms with van der Waals surface area (Å²) in [5.41, 5.74) is 7.74. The number of amidine groups is 1. The van der Waals surface area contributed by atoms with Crippen molar-refractivity contribution in [2.75, 3.05) is 17.7 Å². The van der Waals surface area contributed by atoms with Crippen molar-refractivity contribution in [3.05, 3.63) is 23.8 Å². The lowest BCUT2D eigenvalue weighted by Gasteiger charge is -2.23. The molecule has 1 fully saturated rings. The molecule has 0 unspecified atom stereocenters. The summed E-state index contributed by atoms with van der Waals surface area (Å²) in [6.45, 7) is 2.10. The van der Waals surface area contributed by atoms with Crippen LogP contribution in [0.4, 0.5) is 5.69 Å². The summed E-state index contributed by atoms with van der Waals surface area (Å²) in [5, 5.41) is 12.2. The van der Waals surface area contributed by atoms with Gasteiger partial charge < -0.3 is 15.8 Å². The second kappa shape index (κ2) is 5.52. The van der Waals surface area contributed by atoms with Crippen LogP contribution in [0.1, 0.15) is 25.3 Å². The number of hydrogen-bond acceptors (Lipinski definition) is 4. The number of hydrogen-bond donors (Lipinski definition) is 2. The number of benzene rings is 1. The average molecular weight is 265 g/mol.